The van der Waals surface area contributed by atoms with Gasteiger partial charge in [0.2, 0.25) is 12.6 Å². The van der Waals surface area contributed by atoms with Crippen LogP contribution in [0.3, 0.4) is 0 Å². The fourth-order valence-electron chi connectivity index (χ4n) is 3.21. The van der Waals surface area contributed by atoms with Crippen LogP contribution in [0, 0.1) is 5.82 Å². The minimum Gasteiger partial charge on any atom is -0.479 e. The minimum atomic E-state index is -1.75. The van der Waals surface area contributed by atoms with Gasteiger partial charge in [-0.2, -0.15) is 0 Å². The number of ether oxygens (including phenoxy) is 4. The monoisotopic (exact) mass is 565 g/mol. The number of rotatable bonds is 12. The van der Waals surface area contributed by atoms with E-state index in [9.17, 15) is 23.9 Å². The maximum atomic E-state index is 14.2. The van der Waals surface area contributed by atoms with E-state index in [1.54, 1.807) is 31.2 Å². The standard InChI is InChI=1S/C25H25ClFN3O9/c1-3-36-25(34)38-14-37-24(33)20(31)13-30(28-23(32)21-11-22(35-2)29-39-21)12-15-4-6-16(7-5-15)18-10-17(26)8-9-19(18)27/h4-11,20,31H,3,12-14H2,1-2H3,(H,28,32). The van der Waals surface area contributed by atoms with Crippen LogP contribution in [-0.4, -0.2) is 66.5 Å². The van der Waals surface area contributed by atoms with E-state index in [0.717, 1.165) is 0 Å². The van der Waals surface area contributed by atoms with E-state index in [4.69, 9.17) is 25.6 Å². The highest BCUT2D eigenvalue weighted by Gasteiger charge is 2.24. The van der Waals surface area contributed by atoms with Gasteiger partial charge in [0.1, 0.15) is 5.82 Å². The molecule has 1 amide bonds. The zero-order valence-electron chi connectivity index (χ0n) is 20.9. The van der Waals surface area contributed by atoms with E-state index >= 15 is 0 Å². The number of aliphatic hydroxyl groups excluding tert-OH is 1. The summed E-state index contributed by atoms with van der Waals surface area (Å²) in [6.07, 6.45) is -2.79. The number of carbonyl (C=O) groups is 3. The Morgan fingerprint density at radius 1 is 1.13 bits per heavy atom. The molecule has 208 valence electrons. The van der Waals surface area contributed by atoms with Crippen molar-refractivity contribution in [1.82, 2.24) is 15.6 Å². The molecule has 0 fully saturated rings. The topological polar surface area (TPSA) is 150 Å². The molecule has 1 atom stereocenters. The molecule has 0 saturated carbocycles. The summed E-state index contributed by atoms with van der Waals surface area (Å²) >= 11 is 5.99. The molecular weight excluding hydrogens is 541 g/mol. The maximum absolute atomic E-state index is 14.2. The first kappa shape index (κ1) is 29.4. The van der Waals surface area contributed by atoms with E-state index in [1.165, 1.54) is 36.4 Å². The summed E-state index contributed by atoms with van der Waals surface area (Å²) in [5.41, 5.74) is 4.01. The summed E-state index contributed by atoms with van der Waals surface area (Å²) in [7, 11) is 1.35. The fraction of sp³-hybridized carbons (Fsp3) is 0.280. The van der Waals surface area contributed by atoms with Crippen LogP contribution < -0.4 is 10.2 Å². The number of hydrogen-bond acceptors (Lipinski definition) is 11. The van der Waals surface area contributed by atoms with Crippen LogP contribution >= 0.6 is 11.6 Å². The van der Waals surface area contributed by atoms with Gasteiger partial charge in [-0.25, -0.2) is 19.0 Å². The number of aromatic nitrogens is 1. The van der Waals surface area contributed by atoms with Crippen LogP contribution in [0.5, 0.6) is 5.88 Å². The molecule has 0 bridgehead atoms. The summed E-state index contributed by atoms with van der Waals surface area (Å²) in [5, 5.41) is 15.5. The smallest absolute Gasteiger partial charge is 0.479 e. The Bertz CT molecular complexity index is 1290. The molecule has 3 rings (SSSR count). The Balaban J connectivity index is 1.71. The summed E-state index contributed by atoms with van der Waals surface area (Å²) in [6, 6.07) is 12.1. The number of nitrogens with zero attached hydrogens (tertiary/aromatic N) is 2. The van der Waals surface area contributed by atoms with E-state index in [1.807, 2.05) is 0 Å². The van der Waals surface area contributed by atoms with Crippen molar-refractivity contribution in [2.45, 2.75) is 19.6 Å². The molecule has 2 aromatic carbocycles. The predicted molar refractivity (Wildman–Crippen MR) is 133 cm³/mol. The Hall–Kier alpha value is -4.20. The van der Waals surface area contributed by atoms with Crippen LogP contribution in [-0.2, 0) is 25.5 Å². The quantitative estimate of drug-likeness (QED) is 0.189. The van der Waals surface area contributed by atoms with E-state index in [2.05, 4.69) is 20.1 Å². The van der Waals surface area contributed by atoms with Crippen molar-refractivity contribution in [1.29, 1.82) is 0 Å². The number of halogens is 2. The van der Waals surface area contributed by atoms with Crippen molar-refractivity contribution in [2.24, 2.45) is 0 Å². The molecule has 12 nitrogen and oxygen atoms in total. The first-order valence-electron chi connectivity index (χ1n) is 11.5. The van der Waals surface area contributed by atoms with Crippen molar-refractivity contribution in [3.8, 4) is 17.0 Å². The van der Waals surface area contributed by atoms with Crippen molar-refractivity contribution in [3.05, 3.63) is 70.7 Å². The van der Waals surface area contributed by atoms with Crippen LogP contribution in [0.25, 0.3) is 11.1 Å². The number of carbonyl (C=O) groups excluding carboxylic acids is 3. The second-order valence-corrected chi connectivity index (χ2v) is 8.24. The van der Waals surface area contributed by atoms with Gasteiger partial charge >= 0.3 is 18.0 Å². The van der Waals surface area contributed by atoms with Gasteiger partial charge in [-0.3, -0.25) is 10.2 Å². The lowest BCUT2D eigenvalue weighted by molar-refractivity contribution is -0.164. The van der Waals surface area contributed by atoms with E-state index in [-0.39, 0.29) is 24.8 Å². The molecule has 1 unspecified atom stereocenters. The van der Waals surface area contributed by atoms with Crippen LogP contribution in [0.1, 0.15) is 23.0 Å². The third kappa shape index (κ3) is 8.67. The fourth-order valence-corrected chi connectivity index (χ4v) is 3.39. The molecule has 14 heteroatoms. The largest absolute Gasteiger partial charge is 0.511 e. The summed E-state index contributed by atoms with van der Waals surface area (Å²) in [5.74, 6) is -2.43. The molecular formula is C25H25ClFN3O9. The van der Waals surface area contributed by atoms with Crippen molar-refractivity contribution in [3.63, 3.8) is 0 Å². The lowest BCUT2D eigenvalue weighted by atomic mass is 10.0. The number of benzene rings is 2. The van der Waals surface area contributed by atoms with Gasteiger partial charge in [-0.05, 0) is 41.4 Å². The second kappa shape index (κ2) is 14.1. The third-order valence-electron chi connectivity index (χ3n) is 5.05. The Labute approximate surface area is 227 Å². The number of methoxy groups -OCH3 is 1. The SMILES string of the molecule is CCOC(=O)OCOC(=O)C(O)CN(Cc1ccc(-c2cc(Cl)ccc2F)cc1)NC(=O)c1cc(OC)no1. The molecule has 0 spiro atoms. The van der Waals surface area contributed by atoms with Crippen LogP contribution in [0.15, 0.2) is 53.1 Å². The Morgan fingerprint density at radius 3 is 2.54 bits per heavy atom. The normalized spacial score (nSPS) is 11.5. The first-order chi connectivity index (χ1) is 18.7. The van der Waals surface area contributed by atoms with Crippen molar-refractivity contribution in [2.75, 3.05) is 27.1 Å². The van der Waals surface area contributed by atoms with Gasteiger partial charge in [-0.15, -0.1) is 0 Å². The summed E-state index contributed by atoms with van der Waals surface area (Å²) < 4.78 is 37.9. The zero-order valence-corrected chi connectivity index (χ0v) is 21.6. The molecule has 1 heterocycles. The first-order valence-corrected chi connectivity index (χ1v) is 11.8. The molecule has 0 saturated heterocycles. The third-order valence-corrected chi connectivity index (χ3v) is 5.29. The molecule has 39 heavy (non-hydrogen) atoms. The van der Waals surface area contributed by atoms with Gasteiger partial charge in [0.05, 0.1) is 26.3 Å². The van der Waals surface area contributed by atoms with Gasteiger partial charge in [0.25, 0.3) is 5.88 Å². The second-order valence-electron chi connectivity index (χ2n) is 7.80. The van der Waals surface area contributed by atoms with Gasteiger partial charge < -0.3 is 28.6 Å². The lowest BCUT2D eigenvalue weighted by Crippen LogP contribution is -2.47. The number of amides is 1. The van der Waals surface area contributed by atoms with Crippen molar-refractivity contribution < 1.29 is 47.4 Å². The maximum Gasteiger partial charge on any atom is 0.511 e. The molecule has 0 aliphatic heterocycles. The number of aliphatic hydroxyl groups is 1. The average Bonchev–Trinajstić information content (AvgIpc) is 3.40. The molecule has 3 aromatic rings. The Kier molecular flexibility index (Phi) is 10.6. The minimum absolute atomic E-state index is 0.00101. The number of nitrogens with one attached hydrogen (secondary N) is 1. The zero-order chi connectivity index (χ0) is 28.4. The highest BCUT2D eigenvalue weighted by Crippen LogP contribution is 2.26. The number of esters is 1. The molecule has 0 aliphatic carbocycles. The van der Waals surface area contributed by atoms with Gasteiger partial charge in [-0.1, -0.05) is 35.9 Å². The Morgan fingerprint density at radius 2 is 1.87 bits per heavy atom. The average molecular weight is 566 g/mol. The van der Waals surface area contributed by atoms with E-state index in [0.29, 0.717) is 21.7 Å². The van der Waals surface area contributed by atoms with Gasteiger partial charge in [0.15, 0.2) is 6.10 Å². The van der Waals surface area contributed by atoms with Crippen LogP contribution in [0.4, 0.5) is 9.18 Å². The molecule has 0 radical (unpaired) electrons. The van der Waals surface area contributed by atoms with Crippen molar-refractivity contribution >= 4 is 29.6 Å². The number of hydrazine groups is 1. The highest BCUT2D eigenvalue weighted by atomic mass is 35.5. The predicted octanol–water partition coefficient (Wildman–Crippen LogP) is 3.32. The summed E-state index contributed by atoms with van der Waals surface area (Å²) in [6.45, 7) is 0.424. The lowest BCUT2D eigenvalue weighted by Gasteiger charge is -2.24. The van der Waals surface area contributed by atoms with E-state index < -0.39 is 43.3 Å². The molecule has 1 aromatic heterocycles. The molecule has 0 aliphatic rings. The summed E-state index contributed by atoms with van der Waals surface area (Å²) in [4.78, 5) is 36.1. The van der Waals surface area contributed by atoms with Gasteiger partial charge in [0, 0.05) is 17.1 Å². The number of hydrogen-bond donors (Lipinski definition) is 2. The van der Waals surface area contributed by atoms with Crippen LogP contribution in [0.2, 0.25) is 5.02 Å². The highest BCUT2D eigenvalue weighted by molar-refractivity contribution is 6.30. The molecule has 2 N–H and O–H groups in total.